The number of amides is 1. The summed E-state index contributed by atoms with van der Waals surface area (Å²) in [7, 11) is 0. The maximum Gasteiger partial charge on any atom is 0.223 e. The fourth-order valence-corrected chi connectivity index (χ4v) is 3.49. The van der Waals surface area contributed by atoms with Crippen molar-refractivity contribution in [2.24, 2.45) is 0 Å². The molecule has 5 heteroatoms. The van der Waals surface area contributed by atoms with Crippen LogP contribution in [-0.2, 0) is 17.9 Å². The highest BCUT2D eigenvalue weighted by Gasteiger charge is 2.17. The van der Waals surface area contributed by atoms with E-state index in [0.29, 0.717) is 12.6 Å². The number of rotatable bonds is 8. The Kier molecular flexibility index (Phi) is 7.43. The van der Waals surface area contributed by atoms with Crippen molar-refractivity contribution < 1.29 is 13.9 Å². The van der Waals surface area contributed by atoms with Gasteiger partial charge in [-0.25, -0.2) is 4.39 Å². The van der Waals surface area contributed by atoms with Crippen LogP contribution in [0.25, 0.3) is 0 Å². The van der Waals surface area contributed by atoms with Crippen molar-refractivity contribution in [2.75, 3.05) is 13.2 Å². The third-order valence-electron chi connectivity index (χ3n) is 5.26. The summed E-state index contributed by atoms with van der Waals surface area (Å²) in [5, 5.41) is 2.88. The van der Waals surface area contributed by atoms with E-state index in [1.807, 2.05) is 0 Å². The highest BCUT2D eigenvalue weighted by atomic mass is 19.1. The van der Waals surface area contributed by atoms with Gasteiger partial charge in [-0.3, -0.25) is 9.69 Å². The summed E-state index contributed by atoms with van der Waals surface area (Å²) in [5.41, 5.74) is 2.38. The van der Waals surface area contributed by atoms with E-state index in [1.165, 1.54) is 37.4 Å². The Labute approximate surface area is 166 Å². The normalized spacial score (nSPS) is 17.3. The van der Waals surface area contributed by atoms with Crippen molar-refractivity contribution in [1.82, 2.24) is 10.2 Å². The zero-order valence-electron chi connectivity index (χ0n) is 16.5. The highest BCUT2D eigenvalue weighted by Crippen LogP contribution is 2.19. The molecule has 1 N–H and O–H groups in total. The van der Waals surface area contributed by atoms with Gasteiger partial charge in [-0.15, -0.1) is 0 Å². The fraction of sp³-hybridized carbons (Fsp3) is 0.435. The van der Waals surface area contributed by atoms with Crippen LogP contribution in [0, 0.1) is 5.82 Å². The molecule has 1 heterocycles. The summed E-state index contributed by atoms with van der Waals surface area (Å²) in [6.45, 7) is 5.10. The van der Waals surface area contributed by atoms with Crippen LogP contribution >= 0.6 is 0 Å². The van der Waals surface area contributed by atoms with Gasteiger partial charge < -0.3 is 10.1 Å². The second-order valence-electron chi connectivity index (χ2n) is 7.44. The number of carbonyl (C=O) groups is 1. The van der Waals surface area contributed by atoms with E-state index in [1.54, 1.807) is 18.2 Å². The lowest BCUT2D eigenvalue weighted by Gasteiger charge is -2.33. The first-order valence-corrected chi connectivity index (χ1v) is 10.1. The zero-order chi connectivity index (χ0) is 19.8. The average Bonchev–Trinajstić information content (AvgIpc) is 2.71. The molecule has 2 aromatic rings. The van der Waals surface area contributed by atoms with Gasteiger partial charge in [-0.2, -0.15) is 0 Å². The molecule has 150 valence electrons. The van der Waals surface area contributed by atoms with Crippen molar-refractivity contribution >= 4 is 5.91 Å². The number of hydrogen-bond donors (Lipinski definition) is 1. The first-order valence-electron chi connectivity index (χ1n) is 10.1. The molecule has 1 amide bonds. The van der Waals surface area contributed by atoms with Crippen LogP contribution in [-0.4, -0.2) is 30.0 Å². The monoisotopic (exact) mass is 384 g/mol. The van der Waals surface area contributed by atoms with Crippen LogP contribution in [0.3, 0.4) is 0 Å². The van der Waals surface area contributed by atoms with Gasteiger partial charge >= 0.3 is 0 Å². The molecule has 0 aromatic heterocycles. The zero-order valence-corrected chi connectivity index (χ0v) is 16.5. The first kappa shape index (κ1) is 20.3. The van der Waals surface area contributed by atoms with E-state index >= 15 is 0 Å². The average molecular weight is 384 g/mol. The molecule has 0 saturated carbocycles. The molecule has 0 radical (unpaired) electrons. The molecule has 2 aromatic carbocycles. The molecule has 0 aliphatic carbocycles. The third kappa shape index (κ3) is 6.06. The molecule has 1 aliphatic heterocycles. The molecule has 4 nitrogen and oxygen atoms in total. The Balaban J connectivity index is 1.38. The Morgan fingerprint density at radius 2 is 1.89 bits per heavy atom. The Bertz CT molecular complexity index is 763. The number of nitrogens with zero attached hydrogens (tertiary/aromatic N) is 1. The van der Waals surface area contributed by atoms with Gasteiger partial charge in [-0.1, -0.05) is 42.8 Å². The number of piperidine rings is 1. The summed E-state index contributed by atoms with van der Waals surface area (Å²) >= 11 is 0. The number of halogens is 1. The van der Waals surface area contributed by atoms with Gasteiger partial charge in [0, 0.05) is 19.1 Å². The second kappa shape index (κ2) is 10.2. The maximum absolute atomic E-state index is 13.5. The summed E-state index contributed by atoms with van der Waals surface area (Å²) in [4.78, 5) is 14.5. The largest absolute Gasteiger partial charge is 0.490 e. The van der Waals surface area contributed by atoms with E-state index in [-0.39, 0.29) is 24.7 Å². The van der Waals surface area contributed by atoms with Crippen molar-refractivity contribution in [2.45, 2.75) is 51.7 Å². The molecule has 0 bridgehead atoms. The number of nitrogens with one attached hydrogen (secondary N) is 1. The molecule has 1 saturated heterocycles. The quantitative estimate of drug-likeness (QED) is 0.738. The van der Waals surface area contributed by atoms with Crippen molar-refractivity contribution in [3.63, 3.8) is 0 Å². The number of likely N-dealkylation sites (tertiary alicyclic amines) is 1. The van der Waals surface area contributed by atoms with Crippen LogP contribution in [0.5, 0.6) is 5.75 Å². The van der Waals surface area contributed by atoms with E-state index < -0.39 is 5.82 Å². The van der Waals surface area contributed by atoms with Gasteiger partial charge in [0.05, 0.1) is 13.0 Å². The minimum Gasteiger partial charge on any atom is -0.490 e. The number of carbonyl (C=O) groups excluding carboxylic acids is 1. The Morgan fingerprint density at radius 1 is 1.14 bits per heavy atom. The number of benzene rings is 2. The standard InChI is InChI=1S/C23H29FN2O2/c1-18-6-4-5-14-26(18)17-20-11-9-19(10-12-20)16-25-23(27)13-15-28-22-8-3-2-7-21(22)24/h2-3,7-12,18H,4-6,13-17H2,1H3,(H,25,27). The minimum absolute atomic E-state index is 0.109. The number of ether oxygens (including phenoxy) is 1. The molecule has 3 rings (SSSR count). The molecule has 1 unspecified atom stereocenters. The van der Waals surface area contributed by atoms with Crippen LogP contribution in [0.1, 0.15) is 43.7 Å². The Hall–Kier alpha value is -2.40. The second-order valence-corrected chi connectivity index (χ2v) is 7.44. The van der Waals surface area contributed by atoms with Crippen LogP contribution in [0.15, 0.2) is 48.5 Å². The van der Waals surface area contributed by atoms with Gasteiger partial charge in [0.2, 0.25) is 5.91 Å². The fourth-order valence-electron chi connectivity index (χ4n) is 3.49. The lowest BCUT2D eigenvalue weighted by molar-refractivity contribution is -0.121. The topological polar surface area (TPSA) is 41.6 Å². The molecule has 1 aliphatic rings. The smallest absolute Gasteiger partial charge is 0.223 e. The molecular weight excluding hydrogens is 355 g/mol. The lowest BCUT2D eigenvalue weighted by Crippen LogP contribution is -2.36. The summed E-state index contributed by atoms with van der Waals surface area (Å²) in [6, 6.07) is 15.3. The van der Waals surface area contributed by atoms with E-state index in [0.717, 1.165) is 12.1 Å². The lowest BCUT2D eigenvalue weighted by atomic mass is 10.0. The van der Waals surface area contributed by atoms with E-state index in [9.17, 15) is 9.18 Å². The SMILES string of the molecule is CC1CCCCN1Cc1ccc(CNC(=O)CCOc2ccccc2F)cc1. The summed E-state index contributed by atoms with van der Waals surface area (Å²) in [5.74, 6) is -0.349. The number of hydrogen-bond acceptors (Lipinski definition) is 3. The van der Waals surface area contributed by atoms with Gasteiger partial charge in [0.1, 0.15) is 0 Å². The third-order valence-corrected chi connectivity index (χ3v) is 5.26. The summed E-state index contributed by atoms with van der Waals surface area (Å²) in [6.07, 6.45) is 4.10. The number of para-hydroxylation sites is 1. The van der Waals surface area contributed by atoms with Crippen LogP contribution in [0.2, 0.25) is 0 Å². The maximum atomic E-state index is 13.5. The molecule has 0 spiro atoms. The highest BCUT2D eigenvalue weighted by molar-refractivity contribution is 5.76. The van der Waals surface area contributed by atoms with E-state index in [4.69, 9.17) is 4.74 Å². The predicted octanol–water partition coefficient (Wildman–Crippen LogP) is 4.29. The van der Waals surface area contributed by atoms with Gasteiger partial charge in [0.25, 0.3) is 0 Å². The minimum atomic E-state index is -0.415. The van der Waals surface area contributed by atoms with Crippen molar-refractivity contribution in [1.29, 1.82) is 0 Å². The van der Waals surface area contributed by atoms with Crippen LogP contribution < -0.4 is 10.1 Å². The van der Waals surface area contributed by atoms with Crippen molar-refractivity contribution in [3.05, 3.63) is 65.5 Å². The Morgan fingerprint density at radius 3 is 2.64 bits per heavy atom. The van der Waals surface area contributed by atoms with E-state index in [2.05, 4.69) is 41.4 Å². The molecule has 28 heavy (non-hydrogen) atoms. The summed E-state index contributed by atoms with van der Waals surface area (Å²) < 4.78 is 18.8. The molecular formula is C23H29FN2O2. The van der Waals surface area contributed by atoms with Crippen molar-refractivity contribution in [3.8, 4) is 5.75 Å². The molecule has 1 atom stereocenters. The van der Waals surface area contributed by atoms with Gasteiger partial charge in [0.15, 0.2) is 11.6 Å². The predicted molar refractivity (Wildman–Crippen MR) is 109 cm³/mol. The van der Waals surface area contributed by atoms with Gasteiger partial charge in [-0.05, 0) is 49.6 Å². The molecule has 1 fully saturated rings. The van der Waals surface area contributed by atoms with Crippen LogP contribution in [0.4, 0.5) is 4.39 Å². The first-order chi connectivity index (χ1) is 13.6.